The molecule has 0 heterocycles. The first-order valence-electron chi connectivity index (χ1n) is 0.802. The molecule has 0 saturated heterocycles. The molecule has 0 aromatic heterocycles. The zero-order chi connectivity index (χ0) is 3.58. The Morgan fingerprint density at radius 2 is 1.00 bits per heavy atom. The van der Waals surface area contributed by atoms with Crippen molar-refractivity contribution in [2.45, 2.75) is 0 Å². The zero-order valence-corrected chi connectivity index (χ0v) is 6.28. The third-order valence-corrected chi connectivity index (χ3v) is 0. The Hall–Kier alpha value is 1.36. The molecule has 4 heteroatoms. The summed E-state index contributed by atoms with van der Waals surface area (Å²) in [6.07, 6.45) is 0. The van der Waals surface area contributed by atoms with Crippen molar-refractivity contribution in [3.63, 3.8) is 0 Å². The second-order valence-electron chi connectivity index (χ2n) is 0.303. The fraction of sp³-hybridized carbons (Fsp3) is 0. The molecule has 0 aliphatic heterocycles. The van der Waals surface area contributed by atoms with Crippen molar-refractivity contribution in [1.29, 1.82) is 0 Å². The number of hydrogen-bond donors (Lipinski definition) is 0. The monoisotopic (exact) mass is 195 g/mol. The van der Waals surface area contributed by atoms with Crippen LogP contribution in [0.2, 0.25) is 0 Å². The molecular weight excluding hydrogens is 194 g/mol. The molecule has 0 fully saturated rings. The van der Waals surface area contributed by atoms with Crippen LogP contribution < -0.4 is 0 Å². The van der Waals surface area contributed by atoms with Crippen molar-refractivity contribution in [2.75, 3.05) is 0 Å². The average molecular weight is 194 g/mol. The molecule has 0 aliphatic rings. The molecule has 0 bridgehead atoms. The van der Waals surface area contributed by atoms with E-state index < -0.39 is 44.6 Å². The van der Waals surface area contributed by atoms with Crippen molar-refractivity contribution in [3.8, 4) is 0 Å². The molecule has 3 radical (unpaired) electrons. The van der Waals surface area contributed by atoms with Gasteiger partial charge in [-0.1, -0.05) is 0 Å². The number of hydrogen-bond acceptors (Lipinski definition) is 0. The molecule has 0 aliphatic carbocycles. The zero-order valence-electron chi connectivity index (χ0n) is 1.84. The normalized spacial score (nSPS) is 9.00. The van der Waals surface area contributed by atoms with Gasteiger partial charge in [-0.05, 0) is 0 Å². The standard InChI is InChI=1S/Ba.3FH/h;3*1H/q+3;;;/p-3. The molecule has 23 valence electrons. The molecule has 0 rings (SSSR count). The van der Waals surface area contributed by atoms with Crippen LogP contribution in [0.4, 0.5) is 0.251 Å². The fourth-order valence-electron chi connectivity index (χ4n) is 0. The van der Waals surface area contributed by atoms with E-state index in [1.807, 2.05) is 0 Å². The number of rotatable bonds is 0. The molecule has 0 nitrogen and oxygen atoms in total. The van der Waals surface area contributed by atoms with E-state index in [1.165, 1.54) is 0 Å². The molecule has 0 atom stereocenters. The van der Waals surface area contributed by atoms with Gasteiger partial charge in [-0.3, -0.25) is 0 Å². The molecule has 4 heavy (non-hydrogen) atoms. The first-order chi connectivity index (χ1) is 1.73. The predicted molar refractivity (Wildman–Crippen MR) is 9.08 cm³/mol. The van der Waals surface area contributed by atoms with Crippen LogP contribution in [-0.2, 0) is 0 Å². The Bertz CT molecular complexity index is 8.00. The van der Waals surface area contributed by atoms with Crippen molar-refractivity contribution in [2.24, 2.45) is 0 Å². The summed E-state index contributed by atoms with van der Waals surface area (Å²) in [5, 5.41) is 0. The molecule has 0 spiro atoms. The first-order valence-corrected chi connectivity index (χ1v) is 5.84. The summed E-state index contributed by atoms with van der Waals surface area (Å²) >= 11 is -5.29. The maximum atomic E-state index is 9.90. The van der Waals surface area contributed by atoms with Crippen molar-refractivity contribution < 1.29 is 0.251 Å². The summed E-state index contributed by atoms with van der Waals surface area (Å²) in [4.78, 5) is 0. The SMILES string of the molecule is [F][Ba]([F])[F]. The molecule has 0 amide bonds. The summed E-state index contributed by atoms with van der Waals surface area (Å²) in [6, 6.07) is 0. The fourth-order valence-corrected chi connectivity index (χ4v) is 0. The maximum absolute atomic E-state index is 9.90. The van der Waals surface area contributed by atoms with Crippen LogP contribution >= 0.6 is 0 Å². The Balaban J connectivity index is 2.32. The van der Waals surface area contributed by atoms with Crippen LogP contribution in [0.15, 0.2) is 0 Å². The first kappa shape index (κ1) is 5.36. The van der Waals surface area contributed by atoms with Crippen LogP contribution in [-0.4, -0.2) is 44.6 Å². The summed E-state index contributed by atoms with van der Waals surface area (Å²) in [5.74, 6) is 0. The summed E-state index contributed by atoms with van der Waals surface area (Å²) < 4.78 is 29.7. The van der Waals surface area contributed by atoms with Crippen molar-refractivity contribution in [3.05, 3.63) is 0 Å². The second kappa shape index (κ2) is 2.59. The Kier molecular flexibility index (Phi) is 3.47. The topological polar surface area (TPSA) is 0 Å². The molecule has 0 N–H and O–H groups in total. The van der Waals surface area contributed by atoms with Gasteiger partial charge in [-0.2, -0.15) is 0 Å². The van der Waals surface area contributed by atoms with Gasteiger partial charge in [0.2, 0.25) is 0 Å². The van der Waals surface area contributed by atoms with Gasteiger partial charge in [0.15, 0.2) is 0 Å². The Morgan fingerprint density at radius 1 is 1.00 bits per heavy atom. The van der Waals surface area contributed by atoms with E-state index in [4.69, 9.17) is 0 Å². The Labute approximate surface area is 44.0 Å². The molecule has 0 aromatic carbocycles. The minimum atomic E-state index is -5.29. The summed E-state index contributed by atoms with van der Waals surface area (Å²) in [5.41, 5.74) is 0. The summed E-state index contributed by atoms with van der Waals surface area (Å²) in [6.45, 7) is 0. The molecule has 0 saturated carbocycles. The van der Waals surface area contributed by atoms with Crippen LogP contribution in [0.1, 0.15) is 0 Å². The van der Waals surface area contributed by atoms with Gasteiger partial charge in [0, 0.05) is 0 Å². The van der Waals surface area contributed by atoms with E-state index >= 15 is 0 Å². The van der Waals surface area contributed by atoms with E-state index in [2.05, 4.69) is 0 Å². The van der Waals surface area contributed by atoms with Gasteiger partial charge in [0.25, 0.3) is 0 Å². The van der Waals surface area contributed by atoms with E-state index in [1.54, 1.807) is 0 Å². The third-order valence-electron chi connectivity index (χ3n) is 0. The molecule has 0 unspecified atom stereocenters. The van der Waals surface area contributed by atoms with E-state index in [0.717, 1.165) is 0 Å². The molecule has 0 aromatic rings. The van der Waals surface area contributed by atoms with Gasteiger partial charge in [0.1, 0.15) is 0 Å². The predicted octanol–water partition coefficient (Wildman–Crippen LogP) is 0.880. The summed E-state index contributed by atoms with van der Waals surface area (Å²) in [7, 11) is 0. The van der Waals surface area contributed by atoms with Crippen LogP contribution in [0.25, 0.3) is 0 Å². The van der Waals surface area contributed by atoms with Crippen molar-refractivity contribution in [1.82, 2.24) is 0 Å². The van der Waals surface area contributed by atoms with Crippen molar-refractivity contribution >= 4 is 44.6 Å². The second-order valence-corrected chi connectivity index (χ2v) is 2.21. The van der Waals surface area contributed by atoms with Gasteiger partial charge in [-0.25, -0.2) is 0 Å². The molecular formula is BaF3. The number of halogens is 3. The van der Waals surface area contributed by atoms with Crippen LogP contribution in [0.3, 0.4) is 0 Å². The Morgan fingerprint density at radius 3 is 1.00 bits per heavy atom. The van der Waals surface area contributed by atoms with E-state index in [0.29, 0.717) is 0 Å². The van der Waals surface area contributed by atoms with Gasteiger partial charge >= 0.3 is 44.9 Å². The quantitative estimate of drug-likeness (QED) is 0.502. The van der Waals surface area contributed by atoms with Crippen LogP contribution in [0, 0.1) is 0 Å². The van der Waals surface area contributed by atoms with Gasteiger partial charge in [0.05, 0.1) is 0 Å². The third kappa shape index (κ3) is 10.1. The van der Waals surface area contributed by atoms with Gasteiger partial charge < -0.3 is 0 Å². The van der Waals surface area contributed by atoms with Crippen LogP contribution in [0.5, 0.6) is 0 Å². The van der Waals surface area contributed by atoms with E-state index in [9.17, 15) is 0.251 Å². The van der Waals surface area contributed by atoms with E-state index in [-0.39, 0.29) is 0 Å². The minimum absolute atomic E-state index is 5.29. The average Bonchev–Trinajstić information content (AvgIpc) is 0.811. The van der Waals surface area contributed by atoms with Gasteiger partial charge in [-0.15, -0.1) is 0 Å².